The summed E-state index contributed by atoms with van der Waals surface area (Å²) in [5.74, 6) is 0.833. The summed E-state index contributed by atoms with van der Waals surface area (Å²) in [5, 5.41) is 1.07. The van der Waals surface area contributed by atoms with Crippen LogP contribution in [0.2, 0.25) is 0 Å². The number of ether oxygens (including phenoxy) is 1. The SMILES string of the molecule is COc1ccc2nc(C(C)(C)C)cc(C(C)N)c2c1. The minimum Gasteiger partial charge on any atom is -0.497 e. The summed E-state index contributed by atoms with van der Waals surface area (Å²) < 4.78 is 5.29. The van der Waals surface area contributed by atoms with E-state index in [0.717, 1.165) is 27.9 Å². The summed E-state index contributed by atoms with van der Waals surface area (Å²) in [6, 6.07) is 8.03. The average Bonchev–Trinajstić information content (AvgIpc) is 2.35. The Balaban J connectivity index is 2.75. The van der Waals surface area contributed by atoms with Gasteiger partial charge < -0.3 is 10.5 Å². The van der Waals surface area contributed by atoms with Crippen LogP contribution >= 0.6 is 0 Å². The van der Waals surface area contributed by atoms with Gasteiger partial charge in [0.15, 0.2) is 0 Å². The van der Waals surface area contributed by atoms with Crippen molar-refractivity contribution < 1.29 is 4.74 Å². The zero-order chi connectivity index (χ0) is 14.2. The molecule has 19 heavy (non-hydrogen) atoms. The maximum Gasteiger partial charge on any atom is 0.119 e. The van der Waals surface area contributed by atoms with E-state index < -0.39 is 0 Å². The van der Waals surface area contributed by atoms with Crippen molar-refractivity contribution in [1.82, 2.24) is 4.98 Å². The van der Waals surface area contributed by atoms with Gasteiger partial charge in [-0.25, -0.2) is 0 Å². The number of methoxy groups -OCH3 is 1. The molecule has 1 heterocycles. The molecule has 0 amide bonds. The van der Waals surface area contributed by atoms with Gasteiger partial charge in [-0.3, -0.25) is 4.98 Å². The number of aromatic nitrogens is 1. The average molecular weight is 258 g/mol. The molecule has 0 fully saturated rings. The number of fused-ring (bicyclic) bond motifs is 1. The summed E-state index contributed by atoms with van der Waals surface area (Å²) in [7, 11) is 1.67. The molecular formula is C16H22N2O. The van der Waals surface area contributed by atoms with Crippen LogP contribution in [-0.4, -0.2) is 12.1 Å². The van der Waals surface area contributed by atoms with E-state index in [4.69, 9.17) is 15.5 Å². The van der Waals surface area contributed by atoms with Crippen LogP contribution in [0.15, 0.2) is 24.3 Å². The first-order chi connectivity index (χ1) is 8.82. The Morgan fingerprint density at radius 1 is 1.21 bits per heavy atom. The molecule has 0 radical (unpaired) electrons. The Hall–Kier alpha value is -1.61. The number of nitrogens with zero attached hydrogens (tertiary/aromatic N) is 1. The van der Waals surface area contributed by atoms with E-state index in [1.165, 1.54) is 0 Å². The highest BCUT2D eigenvalue weighted by Crippen LogP contribution is 2.30. The molecule has 0 bridgehead atoms. The lowest BCUT2D eigenvalue weighted by atomic mass is 9.89. The van der Waals surface area contributed by atoms with E-state index >= 15 is 0 Å². The molecule has 0 spiro atoms. The zero-order valence-electron chi connectivity index (χ0n) is 12.3. The third-order valence-electron chi connectivity index (χ3n) is 3.31. The lowest BCUT2D eigenvalue weighted by molar-refractivity contribution is 0.415. The van der Waals surface area contributed by atoms with Gasteiger partial charge >= 0.3 is 0 Å². The first-order valence-electron chi connectivity index (χ1n) is 6.57. The predicted octanol–water partition coefficient (Wildman–Crippen LogP) is 3.56. The summed E-state index contributed by atoms with van der Waals surface area (Å²) >= 11 is 0. The third-order valence-corrected chi connectivity index (χ3v) is 3.31. The Bertz CT molecular complexity index is 597. The number of hydrogen-bond acceptors (Lipinski definition) is 3. The van der Waals surface area contributed by atoms with Crippen molar-refractivity contribution in [3.63, 3.8) is 0 Å². The monoisotopic (exact) mass is 258 g/mol. The second-order valence-corrected chi connectivity index (χ2v) is 6.02. The highest BCUT2D eigenvalue weighted by molar-refractivity contribution is 5.84. The van der Waals surface area contributed by atoms with E-state index in [-0.39, 0.29) is 11.5 Å². The van der Waals surface area contributed by atoms with Crippen LogP contribution < -0.4 is 10.5 Å². The first-order valence-corrected chi connectivity index (χ1v) is 6.57. The number of benzene rings is 1. The number of rotatable bonds is 2. The van der Waals surface area contributed by atoms with Gasteiger partial charge in [0, 0.05) is 22.5 Å². The van der Waals surface area contributed by atoms with Crippen molar-refractivity contribution in [2.45, 2.75) is 39.2 Å². The minimum atomic E-state index is -0.0290. The molecule has 1 atom stereocenters. The largest absolute Gasteiger partial charge is 0.497 e. The number of hydrogen-bond donors (Lipinski definition) is 1. The lowest BCUT2D eigenvalue weighted by Gasteiger charge is -2.21. The van der Waals surface area contributed by atoms with E-state index in [1.54, 1.807) is 7.11 Å². The van der Waals surface area contributed by atoms with Gasteiger partial charge in [-0.05, 0) is 36.8 Å². The van der Waals surface area contributed by atoms with Gasteiger partial charge in [0.25, 0.3) is 0 Å². The standard InChI is InChI=1S/C16H22N2O/c1-10(17)12-9-15(16(2,3)4)18-14-7-6-11(19-5)8-13(12)14/h6-10H,17H2,1-5H3. The Morgan fingerprint density at radius 2 is 1.89 bits per heavy atom. The Labute approximate surface area is 114 Å². The van der Waals surface area contributed by atoms with Crippen molar-refractivity contribution in [3.05, 3.63) is 35.5 Å². The Morgan fingerprint density at radius 3 is 2.42 bits per heavy atom. The summed E-state index contributed by atoms with van der Waals surface area (Å²) in [6.45, 7) is 8.49. The van der Waals surface area contributed by atoms with Gasteiger partial charge in [-0.2, -0.15) is 0 Å². The molecule has 3 heteroatoms. The summed E-state index contributed by atoms with van der Waals surface area (Å²) in [6.07, 6.45) is 0. The molecular weight excluding hydrogens is 236 g/mol. The first kappa shape index (κ1) is 13.8. The van der Waals surface area contributed by atoms with Gasteiger partial charge in [0.1, 0.15) is 5.75 Å². The normalized spacial score (nSPS) is 13.6. The zero-order valence-corrected chi connectivity index (χ0v) is 12.3. The molecule has 0 aliphatic heterocycles. The molecule has 2 rings (SSSR count). The maximum atomic E-state index is 6.11. The Kier molecular flexibility index (Phi) is 3.50. The molecule has 0 saturated carbocycles. The van der Waals surface area contributed by atoms with Crippen LogP contribution in [0.1, 0.15) is 45.0 Å². The molecule has 102 valence electrons. The fraction of sp³-hybridized carbons (Fsp3) is 0.438. The molecule has 3 nitrogen and oxygen atoms in total. The third kappa shape index (κ3) is 2.71. The molecule has 2 aromatic rings. The summed E-state index contributed by atoms with van der Waals surface area (Å²) in [4.78, 5) is 4.75. The van der Waals surface area contributed by atoms with Gasteiger partial charge in [-0.15, -0.1) is 0 Å². The topological polar surface area (TPSA) is 48.1 Å². The fourth-order valence-electron chi connectivity index (χ4n) is 2.12. The van der Waals surface area contributed by atoms with E-state index in [2.05, 4.69) is 26.8 Å². The molecule has 0 aliphatic carbocycles. The minimum absolute atomic E-state index is 0.0117. The van der Waals surface area contributed by atoms with Crippen molar-refractivity contribution in [1.29, 1.82) is 0 Å². The lowest BCUT2D eigenvalue weighted by Crippen LogP contribution is -2.16. The van der Waals surface area contributed by atoms with E-state index in [9.17, 15) is 0 Å². The van der Waals surface area contributed by atoms with Gasteiger partial charge in [0.2, 0.25) is 0 Å². The molecule has 0 aliphatic rings. The quantitative estimate of drug-likeness (QED) is 0.896. The smallest absolute Gasteiger partial charge is 0.119 e. The molecule has 0 saturated heterocycles. The van der Waals surface area contributed by atoms with Crippen LogP contribution in [0.4, 0.5) is 0 Å². The van der Waals surface area contributed by atoms with Crippen LogP contribution in [-0.2, 0) is 5.41 Å². The fourth-order valence-corrected chi connectivity index (χ4v) is 2.12. The number of nitrogens with two attached hydrogens (primary N) is 1. The van der Waals surface area contributed by atoms with Crippen LogP contribution in [0.25, 0.3) is 10.9 Å². The molecule has 1 aromatic heterocycles. The maximum absolute atomic E-state index is 6.11. The molecule has 1 aromatic carbocycles. The van der Waals surface area contributed by atoms with Crippen molar-refractivity contribution >= 4 is 10.9 Å². The van der Waals surface area contributed by atoms with E-state index in [1.807, 2.05) is 25.1 Å². The van der Waals surface area contributed by atoms with Gasteiger partial charge in [0.05, 0.1) is 12.6 Å². The van der Waals surface area contributed by atoms with Crippen molar-refractivity contribution in [3.8, 4) is 5.75 Å². The van der Waals surface area contributed by atoms with E-state index in [0.29, 0.717) is 0 Å². The van der Waals surface area contributed by atoms with Crippen LogP contribution in [0.3, 0.4) is 0 Å². The van der Waals surface area contributed by atoms with Gasteiger partial charge in [-0.1, -0.05) is 20.8 Å². The summed E-state index contributed by atoms with van der Waals surface area (Å²) in [5.41, 5.74) is 9.29. The number of pyridine rings is 1. The predicted molar refractivity (Wildman–Crippen MR) is 79.6 cm³/mol. The second-order valence-electron chi connectivity index (χ2n) is 6.02. The highest BCUT2D eigenvalue weighted by atomic mass is 16.5. The molecule has 2 N–H and O–H groups in total. The van der Waals surface area contributed by atoms with Crippen molar-refractivity contribution in [2.24, 2.45) is 5.73 Å². The van der Waals surface area contributed by atoms with Crippen LogP contribution in [0.5, 0.6) is 5.75 Å². The van der Waals surface area contributed by atoms with Crippen molar-refractivity contribution in [2.75, 3.05) is 7.11 Å². The highest BCUT2D eigenvalue weighted by Gasteiger charge is 2.19. The molecule has 1 unspecified atom stereocenters. The van der Waals surface area contributed by atoms with Crippen LogP contribution in [0, 0.1) is 0 Å². The second kappa shape index (κ2) is 4.82.